The van der Waals surface area contributed by atoms with Gasteiger partial charge >= 0.3 is 0 Å². The van der Waals surface area contributed by atoms with Gasteiger partial charge in [0.1, 0.15) is 6.07 Å². The van der Waals surface area contributed by atoms with E-state index >= 15 is 0 Å². The van der Waals surface area contributed by atoms with Gasteiger partial charge in [0.25, 0.3) is 0 Å². The Labute approximate surface area is 131 Å². The van der Waals surface area contributed by atoms with Crippen molar-refractivity contribution < 1.29 is 0 Å². The van der Waals surface area contributed by atoms with Gasteiger partial charge in [-0.2, -0.15) is 5.26 Å². The Bertz CT molecular complexity index is 675. The van der Waals surface area contributed by atoms with Crippen LogP contribution in [0.1, 0.15) is 30.5 Å². The van der Waals surface area contributed by atoms with Gasteiger partial charge in [0, 0.05) is 10.9 Å². The Morgan fingerprint density at radius 1 is 1.40 bits per heavy atom. The van der Waals surface area contributed by atoms with Crippen molar-refractivity contribution in [2.45, 2.75) is 28.8 Å². The predicted octanol–water partition coefficient (Wildman–Crippen LogP) is 5.31. The van der Waals surface area contributed by atoms with Gasteiger partial charge in [-0.15, -0.1) is 23.1 Å². The summed E-state index contributed by atoms with van der Waals surface area (Å²) in [6.07, 6.45) is 1.08. The smallest absolute Gasteiger partial charge is 0.101 e. The Kier molecular flexibility index (Phi) is 3.93. The fourth-order valence-corrected chi connectivity index (χ4v) is 5.11. The van der Waals surface area contributed by atoms with Gasteiger partial charge in [0.05, 0.1) is 20.8 Å². The molecule has 2 heterocycles. The number of nitrogens with one attached hydrogen (secondary N) is 1. The number of nitriles is 1. The molecule has 0 aliphatic carbocycles. The van der Waals surface area contributed by atoms with Gasteiger partial charge in [0.15, 0.2) is 0 Å². The summed E-state index contributed by atoms with van der Waals surface area (Å²) < 4.78 is 1.40. The highest BCUT2D eigenvalue weighted by Gasteiger charge is 2.26. The van der Waals surface area contributed by atoms with Crippen LogP contribution in [0.4, 0.5) is 5.69 Å². The first-order valence-corrected chi connectivity index (χ1v) is 8.51. The molecule has 1 aromatic carbocycles. The normalized spacial score (nSPS) is 21.1. The Morgan fingerprint density at radius 2 is 2.25 bits per heavy atom. The highest BCUT2D eigenvalue weighted by molar-refractivity contribution is 8.01. The second-order valence-corrected chi connectivity index (χ2v) is 7.86. The van der Waals surface area contributed by atoms with Crippen molar-refractivity contribution in [3.8, 4) is 6.07 Å². The molecule has 0 spiro atoms. The van der Waals surface area contributed by atoms with Gasteiger partial charge in [-0.05, 0) is 41.6 Å². The average Bonchev–Trinajstić information content (AvgIpc) is 2.89. The number of thioether (sulfide) groups is 1. The summed E-state index contributed by atoms with van der Waals surface area (Å²) >= 11 is 9.72. The van der Waals surface area contributed by atoms with Gasteiger partial charge in [-0.25, -0.2) is 0 Å². The molecule has 5 heteroatoms. The minimum absolute atomic E-state index is 0.306. The lowest BCUT2D eigenvalue weighted by Gasteiger charge is -2.28. The van der Waals surface area contributed by atoms with Crippen molar-refractivity contribution in [1.82, 2.24) is 0 Å². The molecule has 1 aliphatic heterocycles. The summed E-state index contributed by atoms with van der Waals surface area (Å²) in [5.74, 6) is 0. The number of benzene rings is 1. The molecule has 2 nitrogen and oxygen atoms in total. The van der Waals surface area contributed by atoms with Crippen molar-refractivity contribution in [3.63, 3.8) is 0 Å². The van der Waals surface area contributed by atoms with E-state index in [9.17, 15) is 0 Å². The highest BCUT2D eigenvalue weighted by Crippen LogP contribution is 2.45. The number of hydrogen-bond acceptors (Lipinski definition) is 4. The molecular weight excluding hydrogens is 308 g/mol. The average molecular weight is 321 g/mol. The number of anilines is 1. The van der Waals surface area contributed by atoms with Crippen LogP contribution in [-0.2, 0) is 0 Å². The monoisotopic (exact) mass is 320 g/mol. The lowest BCUT2D eigenvalue weighted by Crippen LogP contribution is -2.19. The molecule has 1 aliphatic rings. The van der Waals surface area contributed by atoms with E-state index in [4.69, 9.17) is 16.9 Å². The van der Waals surface area contributed by atoms with E-state index in [-0.39, 0.29) is 0 Å². The SMILES string of the molecule is C[C@H]1CC(Nc2ccc(Cl)c(C#N)c2)c2ccsc2S1. The molecule has 1 N–H and O–H groups in total. The van der Waals surface area contributed by atoms with Crippen molar-refractivity contribution >= 4 is 40.4 Å². The highest BCUT2D eigenvalue weighted by atomic mass is 35.5. The predicted molar refractivity (Wildman–Crippen MR) is 86.8 cm³/mol. The number of fused-ring (bicyclic) bond motifs is 1. The summed E-state index contributed by atoms with van der Waals surface area (Å²) in [5, 5.41) is 15.8. The summed E-state index contributed by atoms with van der Waals surface area (Å²) in [5.41, 5.74) is 2.83. The van der Waals surface area contributed by atoms with Crippen LogP contribution in [-0.4, -0.2) is 5.25 Å². The topological polar surface area (TPSA) is 35.8 Å². The van der Waals surface area contributed by atoms with Gasteiger partial charge < -0.3 is 5.32 Å². The van der Waals surface area contributed by atoms with Gasteiger partial charge in [-0.3, -0.25) is 0 Å². The molecule has 0 fully saturated rings. The number of nitrogens with zero attached hydrogens (tertiary/aromatic N) is 1. The Hall–Kier alpha value is -1.15. The van der Waals surface area contributed by atoms with Crippen LogP contribution in [0.15, 0.2) is 33.9 Å². The Morgan fingerprint density at radius 3 is 3.05 bits per heavy atom. The molecule has 2 atom stereocenters. The molecule has 20 heavy (non-hydrogen) atoms. The van der Waals surface area contributed by atoms with Crippen molar-refractivity contribution in [2.75, 3.05) is 5.32 Å². The number of thiophene rings is 1. The van der Waals surface area contributed by atoms with E-state index in [1.54, 1.807) is 17.4 Å². The van der Waals surface area contributed by atoms with Gasteiger partial charge in [0.2, 0.25) is 0 Å². The van der Waals surface area contributed by atoms with E-state index in [2.05, 4.69) is 29.8 Å². The molecule has 3 rings (SSSR count). The third-order valence-electron chi connectivity index (χ3n) is 3.34. The molecule has 0 amide bonds. The molecular formula is C15H13ClN2S2. The maximum absolute atomic E-state index is 9.05. The first-order valence-electron chi connectivity index (χ1n) is 6.37. The molecule has 0 saturated heterocycles. The zero-order valence-electron chi connectivity index (χ0n) is 10.9. The maximum Gasteiger partial charge on any atom is 0.101 e. The van der Waals surface area contributed by atoms with Crippen molar-refractivity contribution in [2.24, 2.45) is 0 Å². The standard InChI is InChI=1S/C15H13ClN2S2/c1-9-6-14(12-4-5-19-15(12)20-9)18-11-2-3-13(16)10(7-11)8-17/h2-5,7,9,14,18H,6H2,1H3/t9-,14?/m0/s1. The first kappa shape index (κ1) is 13.8. The summed E-state index contributed by atoms with van der Waals surface area (Å²) in [4.78, 5) is 0. The molecule has 2 aromatic rings. The third-order valence-corrected chi connectivity index (χ3v) is 6.01. The minimum atomic E-state index is 0.306. The van der Waals surface area contributed by atoms with E-state index in [1.165, 1.54) is 9.77 Å². The summed E-state index contributed by atoms with van der Waals surface area (Å²) in [6, 6.07) is 10.1. The number of rotatable bonds is 2. The molecule has 0 radical (unpaired) electrons. The lowest BCUT2D eigenvalue weighted by molar-refractivity contribution is 0.670. The van der Waals surface area contributed by atoms with Crippen LogP contribution in [0, 0.1) is 11.3 Å². The van der Waals surface area contributed by atoms with Crippen LogP contribution < -0.4 is 5.32 Å². The van der Waals surface area contributed by atoms with Crippen LogP contribution in [0.5, 0.6) is 0 Å². The Balaban J connectivity index is 1.87. The number of hydrogen-bond donors (Lipinski definition) is 1. The molecule has 0 saturated carbocycles. The minimum Gasteiger partial charge on any atom is -0.378 e. The fourth-order valence-electron chi connectivity index (χ4n) is 2.39. The van der Waals surface area contributed by atoms with E-state index < -0.39 is 0 Å². The van der Waals surface area contributed by atoms with Crippen LogP contribution in [0.2, 0.25) is 5.02 Å². The molecule has 1 unspecified atom stereocenters. The van der Waals surface area contributed by atoms with Crippen LogP contribution in [0.25, 0.3) is 0 Å². The van der Waals surface area contributed by atoms with Crippen molar-refractivity contribution in [1.29, 1.82) is 5.26 Å². The zero-order valence-corrected chi connectivity index (χ0v) is 13.3. The van der Waals surface area contributed by atoms with Crippen LogP contribution in [0.3, 0.4) is 0 Å². The summed E-state index contributed by atoms with van der Waals surface area (Å²) in [6.45, 7) is 2.25. The van der Waals surface area contributed by atoms with E-state index in [1.807, 2.05) is 23.9 Å². The van der Waals surface area contributed by atoms with E-state index in [0.717, 1.165) is 12.1 Å². The van der Waals surface area contributed by atoms with E-state index in [0.29, 0.717) is 21.9 Å². The molecule has 102 valence electrons. The third kappa shape index (κ3) is 2.67. The number of halogens is 1. The fraction of sp³-hybridized carbons (Fsp3) is 0.267. The molecule has 0 bridgehead atoms. The van der Waals surface area contributed by atoms with Gasteiger partial charge in [-0.1, -0.05) is 18.5 Å². The lowest BCUT2D eigenvalue weighted by atomic mass is 10.0. The zero-order chi connectivity index (χ0) is 14.1. The second kappa shape index (κ2) is 5.69. The second-order valence-electron chi connectivity index (χ2n) is 4.83. The van der Waals surface area contributed by atoms with Crippen molar-refractivity contribution in [3.05, 3.63) is 45.8 Å². The summed E-state index contributed by atoms with van der Waals surface area (Å²) in [7, 11) is 0. The molecule has 1 aromatic heterocycles. The maximum atomic E-state index is 9.05. The first-order chi connectivity index (χ1) is 9.67. The van der Waals surface area contributed by atoms with Crippen LogP contribution >= 0.6 is 34.7 Å². The largest absolute Gasteiger partial charge is 0.378 e. The quantitative estimate of drug-likeness (QED) is 0.814.